The van der Waals surface area contributed by atoms with Crippen molar-refractivity contribution in [3.63, 3.8) is 0 Å². The Bertz CT molecular complexity index is 497. The predicted octanol–water partition coefficient (Wildman–Crippen LogP) is 1.57. The van der Waals surface area contributed by atoms with E-state index in [1.807, 2.05) is 30.3 Å². The minimum Gasteiger partial charge on any atom is -0.480 e. The first-order chi connectivity index (χ1) is 8.66. The van der Waals surface area contributed by atoms with Crippen molar-refractivity contribution in [3.05, 3.63) is 30.3 Å². The molecule has 96 valence electrons. The first-order valence-corrected chi connectivity index (χ1v) is 5.96. The highest BCUT2D eigenvalue weighted by atomic mass is 16.4. The Kier molecular flexibility index (Phi) is 3.84. The molecule has 0 bridgehead atoms. The van der Waals surface area contributed by atoms with Crippen LogP contribution in [0.3, 0.4) is 0 Å². The van der Waals surface area contributed by atoms with Crippen LogP contribution >= 0.6 is 0 Å². The lowest BCUT2D eigenvalue weighted by Crippen LogP contribution is -2.29. The number of nitrogen functional groups attached to an aromatic ring is 1. The van der Waals surface area contributed by atoms with Crippen LogP contribution in [-0.2, 0) is 4.79 Å². The van der Waals surface area contributed by atoms with Crippen LogP contribution in [0.1, 0.15) is 12.8 Å². The van der Waals surface area contributed by atoms with Crippen LogP contribution in [-0.4, -0.2) is 28.6 Å². The number of fused-ring (bicyclic) bond motifs is 1. The predicted molar refractivity (Wildman–Crippen MR) is 71.4 cm³/mol. The number of hydrogen-bond acceptors (Lipinski definition) is 3. The molecular weight excluding hydrogens is 230 g/mol. The van der Waals surface area contributed by atoms with Crippen LogP contribution in [0, 0.1) is 0 Å². The Morgan fingerprint density at radius 2 is 2.17 bits per heavy atom. The average Bonchev–Trinajstić information content (AvgIpc) is 2.96. The van der Waals surface area contributed by atoms with Gasteiger partial charge in [0, 0.05) is 10.9 Å². The van der Waals surface area contributed by atoms with E-state index in [9.17, 15) is 4.79 Å². The maximum absolute atomic E-state index is 10.1. The second-order valence-electron chi connectivity index (χ2n) is 4.30. The Morgan fingerprint density at radius 3 is 2.72 bits per heavy atom. The number of carbonyl (C=O) groups is 1. The summed E-state index contributed by atoms with van der Waals surface area (Å²) in [6.07, 6.45) is 1.78. The highest BCUT2D eigenvalue weighted by Crippen LogP contribution is 2.14. The number of benzene rings is 1. The molecule has 0 amide bonds. The zero-order valence-electron chi connectivity index (χ0n) is 10.0. The van der Waals surface area contributed by atoms with Gasteiger partial charge in [-0.1, -0.05) is 18.2 Å². The Morgan fingerprint density at radius 1 is 1.39 bits per heavy atom. The van der Waals surface area contributed by atoms with Crippen molar-refractivity contribution >= 4 is 22.7 Å². The standard InChI is InChI=1S/C8H8N2.C5H9NO2/c9-8-5-6-3-1-2-4-7(6)10-8;7-5(8)4-2-1-3-6-4/h1-5,10H,9H2;4,6H,1-3H2,(H,7,8)/t;4-/m.0/s1. The minimum absolute atomic E-state index is 0.269. The van der Waals surface area contributed by atoms with E-state index in [1.165, 1.54) is 5.39 Å². The summed E-state index contributed by atoms with van der Waals surface area (Å²) in [7, 11) is 0. The van der Waals surface area contributed by atoms with E-state index >= 15 is 0 Å². The van der Waals surface area contributed by atoms with E-state index in [2.05, 4.69) is 10.3 Å². The molecule has 1 aromatic heterocycles. The maximum atomic E-state index is 10.1. The van der Waals surface area contributed by atoms with Gasteiger partial charge in [0.2, 0.25) is 0 Å². The summed E-state index contributed by atoms with van der Waals surface area (Å²) in [5.74, 6) is 0.00343. The lowest BCUT2D eigenvalue weighted by Gasteiger charge is -1.99. The van der Waals surface area contributed by atoms with Gasteiger partial charge in [-0.15, -0.1) is 0 Å². The zero-order chi connectivity index (χ0) is 13.0. The van der Waals surface area contributed by atoms with Crippen LogP contribution in [0.5, 0.6) is 0 Å². The van der Waals surface area contributed by atoms with Crippen molar-refractivity contribution in [2.24, 2.45) is 0 Å². The van der Waals surface area contributed by atoms with Crippen LogP contribution in [0.25, 0.3) is 10.9 Å². The lowest BCUT2D eigenvalue weighted by molar-refractivity contribution is -0.139. The maximum Gasteiger partial charge on any atom is 0.320 e. The topological polar surface area (TPSA) is 91.1 Å². The molecule has 0 unspecified atom stereocenters. The number of aliphatic carboxylic acids is 1. The molecule has 1 atom stereocenters. The fourth-order valence-electron chi connectivity index (χ4n) is 1.99. The molecular formula is C13H17N3O2. The third-order valence-corrected chi connectivity index (χ3v) is 2.91. The molecule has 5 N–H and O–H groups in total. The summed E-state index contributed by atoms with van der Waals surface area (Å²) in [6.45, 7) is 0.858. The molecule has 0 aliphatic carbocycles. The number of carboxylic acids is 1. The normalized spacial score (nSPS) is 18.3. The molecule has 0 saturated carbocycles. The van der Waals surface area contributed by atoms with Crippen molar-refractivity contribution in [3.8, 4) is 0 Å². The van der Waals surface area contributed by atoms with Gasteiger partial charge in [0.05, 0.1) is 0 Å². The van der Waals surface area contributed by atoms with Crippen LogP contribution in [0.2, 0.25) is 0 Å². The lowest BCUT2D eigenvalue weighted by atomic mass is 10.2. The molecule has 0 spiro atoms. The molecule has 3 rings (SSSR count). The van der Waals surface area contributed by atoms with Crippen molar-refractivity contribution in [2.75, 3.05) is 12.3 Å². The van der Waals surface area contributed by atoms with Gasteiger partial charge in [0.1, 0.15) is 11.9 Å². The Hall–Kier alpha value is -2.01. The second kappa shape index (κ2) is 5.55. The van der Waals surface area contributed by atoms with Gasteiger partial charge < -0.3 is 21.1 Å². The number of rotatable bonds is 1. The second-order valence-corrected chi connectivity index (χ2v) is 4.30. The fourth-order valence-corrected chi connectivity index (χ4v) is 1.99. The average molecular weight is 247 g/mol. The quantitative estimate of drug-likeness (QED) is 0.615. The summed E-state index contributed by atoms with van der Waals surface area (Å²) in [5, 5.41) is 12.4. The number of H-pyrrole nitrogens is 1. The van der Waals surface area contributed by atoms with E-state index in [0.717, 1.165) is 30.7 Å². The van der Waals surface area contributed by atoms with Gasteiger partial charge in [0.15, 0.2) is 0 Å². The third kappa shape index (κ3) is 3.01. The van der Waals surface area contributed by atoms with Gasteiger partial charge in [0.25, 0.3) is 0 Å². The van der Waals surface area contributed by atoms with Gasteiger partial charge in [-0.3, -0.25) is 4.79 Å². The SMILES string of the molecule is Nc1cc2ccccc2[nH]1.O=C(O)[C@@H]1CCCN1. The fraction of sp³-hybridized carbons (Fsp3) is 0.308. The number of anilines is 1. The molecule has 1 aliphatic rings. The number of carboxylic acid groups (broad SMARTS) is 1. The molecule has 1 fully saturated rings. The van der Waals surface area contributed by atoms with Crippen LogP contribution in [0.15, 0.2) is 30.3 Å². The number of aromatic nitrogens is 1. The minimum atomic E-state index is -0.720. The summed E-state index contributed by atoms with van der Waals surface area (Å²) < 4.78 is 0. The summed E-state index contributed by atoms with van der Waals surface area (Å²) in [6, 6.07) is 9.67. The van der Waals surface area contributed by atoms with Gasteiger partial charge in [-0.25, -0.2) is 0 Å². The van der Waals surface area contributed by atoms with Gasteiger partial charge in [-0.05, 0) is 31.5 Å². The number of nitrogens with one attached hydrogen (secondary N) is 2. The Balaban J connectivity index is 0.000000138. The molecule has 2 heterocycles. The Labute approximate surface area is 105 Å². The van der Waals surface area contributed by atoms with Crippen molar-refractivity contribution in [2.45, 2.75) is 18.9 Å². The van der Waals surface area contributed by atoms with Crippen molar-refractivity contribution in [1.29, 1.82) is 0 Å². The molecule has 18 heavy (non-hydrogen) atoms. The highest BCUT2D eigenvalue weighted by molar-refractivity contribution is 5.83. The van der Waals surface area contributed by atoms with Crippen LogP contribution in [0.4, 0.5) is 5.82 Å². The van der Waals surface area contributed by atoms with E-state index in [1.54, 1.807) is 0 Å². The van der Waals surface area contributed by atoms with Gasteiger partial charge in [-0.2, -0.15) is 0 Å². The van der Waals surface area contributed by atoms with E-state index in [0.29, 0.717) is 0 Å². The number of aromatic amines is 1. The molecule has 1 saturated heterocycles. The van der Waals surface area contributed by atoms with E-state index < -0.39 is 5.97 Å². The number of hydrogen-bond donors (Lipinski definition) is 4. The summed E-state index contributed by atoms with van der Waals surface area (Å²) >= 11 is 0. The third-order valence-electron chi connectivity index (χ3n) is 2.91. The molecule has 1 aliphatic heterocycles. The molecule has 5 heteroatoms. The zero-order valence-corrected chi connectivity index (χ0v) is 10.0. The van der Waals surface area contributed by atoms with Crippen molar-refractivity contribution < 1.29 is 9.90 Å². The summed E-state index contributed by atoms with van der Waals surface area (Å²) in [4.78, 5) is 13.2. The molecule has 5 nitrogen and oxygen atoms in total. The largest absolute Gasteiger partial charge is 0.480 e. The number of nitrogens with two attached hydrogens (primary N) is 1. The first-order valence-electron chi connectivity index (χ1n) is 5.96. The van der Waals surface area contributed by atoms with Crippen LogP contribution < -0.4 is 11.1 Å². The monoisotopic (exact) mass is 247 g/mol. The molecule has 0 radical (unpaired) electrons. The highest BCUT2D eigenvalue weighted by Gasteiger charge is 2.20. The van der Waals surface area contributed by atoms with E-state index in [-0.39, 0.29) is 6.04 Å². The molecule has 1 aromatic carbocycles. The van der Waals surface area contributed by atoms with Crippen molar-refractivity contribution in [1.82, 2.24) is 10.3 Å². The first kappa shape index (κ1) is 12.4. The summed E-state index contributed by atoms with van der Waals surface area (Å²) in [5.41, 5.74) is 6.63. The van der Waals surface area contributed by atoms with E-state index in [4.69, 9.17) is 10.8 Å². The van der Waals surface area contributed by atoms with Gasteiger partial charge >= 0.3 is 5.97 Å². The molecule has 2 aromatic rings. The smallest absolute Gasteiger partial charge is 0.320 e. The number of para-hydroxylation sites is 1.